The van der Waals surface area contributed by atoms with Crippen LogP contribution in [0, 0.1) is 0 Å². The van der Waals surface area contributed by atoms with Gasteiger partial charge in [-0.2, -0.15) is 0 Å². The second kappa shape index (κ2) is 10.2. The summed E-state index contributed by atoms with van der Waals surface area (Å²) in [4.78, 5) is 30.2. The number of carbonyl (C=O) groups is 2. The van der Waals surface area contributed by atoms with Crippen LogP contribution >= 0.6 is 0 Å². The molecule has 0 saturated carbocycles. The Morgan fingerprint density at radius 1 is 1.03 bits per heavy atom. The molecule has 0 N–H and O–H groups in total. The van der Waals surface area contributed by atoms with Crippen LogP contribution in [0.15, 0.2) is 23.9 Å². The van der Waals surface area contributed by atoms with Crippen LogP contribution < -0.4 is 9.47 Å². The first-order valence-corrected chi connectivity index (χ1v) is 10.7. The number of benzene rings is 1. The van der Waals surface area contributed by atoms with Crippen LogP contribution in [0.3, 0.4) is 0 Å². The normalized spacial score (nSPS) is 21.8. The lowest BCUT2D eigenvalue weighted by Crippen LogP contribution is -2.47. The zero-order chi connectivity index (χ0) is 22.5. The SMILES string of the molecule is CCOCCCN1C(=O)C(c2ccc(OC)c(OC)c2)=C(N2CC(C)OC(C)C2)C1=O. The van der Waals surface area contributed by atoms with E-state index in [0.717, 1.165) is 0 Å². The van der Waals surface area contributed by atoms with Gasteiger partial charge in [-0.3, -0.25) is 14.5 Å². The number of methoxy groups -OCH3 is 2. The average molecular weight is 433 g/mol. The number of hydrogen-bond acceptors (Lipinski definition) is 7. The smallest absolute Gasteiger partial charge is 0.277 e. The van der Waals surface area contributed by atoms with Crippen LogP contribution in [0.2, 0.25) is 0 Å². The second-order valence-electron chi connectivity index (χ2n) is 7.77. The molecule has 3 rings (SSSR count). The number of ether oxygens (including phenoxy) is 4. The fourth-order valence-electron chi connectivity index (χ4n) is 4.14. The van der Waals surface area contributed by atoms with Gasteiger partial charge in [0, 0.05) is 32.8 Å². The molecule has 31 heavy (non-hydrogen) atoms. The molecule has 2 aliphatic rings. The lowest BCUT2D eigenvalue weighted by atomic mass is 10.0. The summed E-state index contributed by atoms with van der Waals surface area (Å²) in [5.41, 5.74) is 1.45. The minimum absolute atomic E-state index is 0.0437. The van der Waals surface area contributed by atoms with E-state index in [4.69, 9.17) is 18.9 Å². The topological polar surface area (TPSA) is 77.5 Å². The maximum absolute atomic E-state index is 13.4. The monoisotopic (exact) mass is 432 g/mol. The number of nitrogens with zero attached hydrogens (tertiary/aromatic N) is 2. The first-order chi connectivity index (χ1) is 14.9. The van der Waals surface area contributed by atoms with Gasteiger partial charge in [0.05, 0.1) is 32.0 Å². The molecule has 2 amide bonds. The molecule has 8 heteroatoms. The molecule has 2 unspecified atom stereocenters. The highest BCUT2D eigenvalue weighted by molar-refractivity contribution is 6.35. The third kappa shape index (κ3) is 4.85. The summed E-state index contributed by atoms with van der Waals surface area (Å²) in [6, 6.07) is 5.29. The van der Waals surface area contributed by atoms with Crippen molar-refractivity contribution >= 4 is 17.4 Å². The van der Waals surface area contributed by atoms with Gasteiger partial charge in [-0.25, -0.2) is 0 Å². The predicted octanol–water partition coefficient (Wildman–Crippen LogP) is 2.32. The van der Waals surface area contributed by atoms with Gasteiger partial charge in [-0.15, -0.1) is 0 Å². The number of imide groups is 1. The summed E-state index contributed by atoms with van der Waals surface area (Å²) < 4.78 is 22.0. The third-order valence-corrected chi connectivity index (χ3v) is 5.43. The van der Waals surface area contributed by atoms with Crippen LogP contribution in [0.5, 0.6) is 11.5 Å². The number of morpholine rings is 1. The number of carbonyl (C=O) groups excluding carboxylic acids is 2. The summed E-state index contributed by atoms with van der Waals surface area (Å²) >= 11 is 0. The molecule has 1 aromatic carbocycles. The summed E-state index contributed by atoms with van der Waals surface area (Å²) in [7, 11) is 3.10. The van der Waals surface area contributed by atoms with Crippen molar-refractivity contribution < 1.29 is 28.5 Å². The summed E-state index contributed by atoms with van der Waals surface area (Å²) in [6.07, 6.45) is 0.504. The fraction of sp³-hybridized carbons (Fsp3) is 0.565. The van der Waals surface area contributed by atoms with Gasteiger partial charge in [-0.1, -0.05) is 6.07 Å². The predicted molar refractivity (Wildman–Crippen MR) is 116 cm³/mol. The van der Waals surface area contributed by atoms with Crippen LogP contribution in [0.4, 0.5) is 0 Å². The summed E-state index contributed by atoms with van der Waals surface area (Å²) in [5, 5.41) is 0. The Morgan fingerprint density at radius 3 is 2.32 bits per heavy atom. The standard InChI is InChI=1S/C23H32N2O6/c1-6-30-11-7-10-25-22(26)20(17-8-9-18(28-4)19(12-17)29-5)21(23(25)27)24-13-15(2)31-16(3)14-24/h8-9,12,15-16H,6-7,10-11,13-14H2,1-5H3. The van der Waals surface area contributed by atoms with E-state index in [-0.39, 0.29) is 24.0 Å². The Morgan fingerprint density at radius 2 is 1.71 bits per heavy atom. The molecule has 0 aliphatic carbocycles. The molecule has 0 spiro atoms. The Labute approximate surface area is 183 Å². The van der Waals surface area contributed by atoms with Gasteiger partial charge < -0.3 is 23.8 Å². The second-order valence-corrected chi connectivity index (χ2v) is 7.77. The highest BCUT2D eigenvalue weighted by atomic mass is 16.5. The van der Waals surface area contributed by atoms with Gasteiger partial charge in [0.2, 0.25) is 0 Å². The van der Waals surface area contributed by atoms with Gasteiger partial charge in [0.1, 0.15) is 5.70 Å². The first kappa shape index (κ1) is 23.1. The van der Waals surface area contributed by atoms with E-state index in [9.17, 15) is 9.59 Å². The lowest BCUT2D eigenvalue weighted by Gasteiger charge is -2.37. The van der Waals surface area contributed by atoms with Crippen molar-refractivity contribution in [2.75, 3.05) is 47.1 Å². The van der Waals surface area contributed by atoms with E-state index in [2.05, 4.69) is 0 Å². The van der Waals surface area contributed by atoms with Crippen LogP contribution in [0.1, 0.15) is 32.8 Å². The Balaban J connectivity index is 2.01. The quantitative estimate of drug-likeness (QED) is 0.438. The molecule has 0 aromatic heterocycles. The van der Waals surface area contributed by atoms with Crippen molar-refractivity contribution in [1.82, 2.24) is 9.80 Å². The molecule has 1 fully saturated rings. The van der Waals surface area contributed by atoms with E-state index in [1.807, 2.05) is 25.7 Å². The molecule has 2 atom stereocenters. The summed E-state index contributed by atoms with van der Waals surface area (Å²) in [5.74, 6) is 0.501. The van der Waals surface area contributed by atoms with Gasteiger partial charge in [0.25, 0.3) is 11.8 Å². The van der Waals surface area contributed by atoms with Crippen molar-refractivity contribution in [3.05, 3.63) is 29.5 Å². The fourth-order valence-corrected chi connectivity index (χ4v) is 4.14. The molecule has 0 bridgehead atoms. The van der Waals surface area contributed by atoms with E-state index < -0.39 is 0 Å². The summed E-state index contributed by atoms with van der Waals surface area (Å²) in [6.45, 7) is 8.37. The van der Waals surface area contributed by atoms with Gasteiger partial charge in [0.15, 0.2) is 11.5 Å². The minimum Gasteiger partial charge on any atom is -0.493 e. The highest BCUT2D eigenvalue weighted by Crippen LogP contribution is 2.37. The molecule has 1 saturated heterocycles. The van der Waals surface area contributed by atoms with Gasteiger partial charge in [-0.05, 0) is 44.9 Å². The van der Waals surface area contributed by atoms with Crippen molar-refractivity contribution in [2.45, 2.75) is 39.4 Å². The Bertz CT molecular complexity index is 842. The number of hydrogen-bond donors (Lipinski definition) is 0. The van der Waals surface area contributed by atoms with Crippen LogP contribution in [-0.4, -0.2) is 80.9 Å². The number of rotatable bonds is 9. The molecule has 0 radical (unpaired) electrons. The highest BCUT2D eigenvalue weighted by Gasteiger charge is 2.43. The molecule has 170 valence electrons. The first-order valence-electron chi connectivity index (χ1n) is 10.7. The lowest BCUT2D eigenvalue weighted by molar-refractivity contribution is -0.138. The largest absolute Gasteiger partial charge is 0.493 e. The third-order valence-electron chi connectivity index (χ3n) is 5.43. The Kier molecular flexibility index (Phi) is 7.56. The maximum Gasteiger partial charge on any atom is 0.277 e. The van der Waals surface area contributed by atoms with E-state index in [1.54, 1.807) is 32.4 Å². The zero-order valence-corrected chi connectivity index (χ0v) is 19.0. The van der Waals surface area contributed by atoms with Gasteiger partial charge >= 0.3 is 0 Å². The van der Waals surface area contributed by atoms with E-state index in [1.165, 1.54) is 4.90 Å². The van der Waals surface area contributed by atoms with E-state index >= 15 is 0 Å². The molecular formula is C23H32N2O6. The van der Waals surface area contributed by atoms with Crippen LogP contribution in [0.25, 0.3) is 5.57 Å². The van der Waals surface area contributed by atoms with E-state index in [0.29, 0.717) is 67.6 Å². The van der Waals surface area contributed by atoms with Crippen molar-refractivity contribution in [3.8, 4) is 11.5 Å². The molecule has 2 heterocycles. The zero-order valence-electron chi connectivity index (χ0n) is 19.0. The molecular weight excluding hydrogens is 400 g/mol. The average Bonchev–Trinajstić information content (AvgIpc) is 3.00. The minimum atomic E-state index is -0.296. The maximum atomic E-state index is 13.4. The molecule has 2 aliphatic heterocycles. The molecule has 1 aromatic rings. The number of amides is 2. The Hall–Kier alpha value is -2.58. The van der Waals surface area contributed by atoms with Crippen molar-refractivity contribution in [2.24, 2.45) is 0 Å². The van der Waals surface area contributed by atoms with Crippen molar-refractivity contribution in [1.29, 1.82) is 0 Å². The van der Waals surface area contributed by atoms with Crippen molar-refractivity contribution in [3.63, 3.8) is 0 Å². The van der Waals surface area contributed by atoms with Crippen LogP contribution in [-0.2, 0) is 19.1 Å². The molecule has 8 nitrogen and oxygen atoms in total.